The van der Waals surface area contributed by atoms with E-state index in [2.05, 4.69) is 15.6 Å². The van der Waals surface area contributed by atoms with Crippen LogP contribution in [0.1, 0.15) is 35.8 Å². The smallest absolute Gasteiger partial charge is 0.267 e. The molecule has 3 rings (SSSR count). The Morgan fingerprint density at radius 1 is 1.12 bits per heavy atom. The number of carbonyl (C=O) groups excluding carboxylic acids is 1. The highest BCUT2D eigenvalue weighted by atomic mass is 16.2. The van der Waals surface area contributed by atoms with E-state index in [9.17, 15) is 9.59 Å². The summed E-state index contributed by atoms with van der Waals surface area (Å²) in [5.41, 5.74) is 3.38. The van der Waals surface area contributed by atoms with Crippen molar-refractivity contribution in [2.45, 2.75) is 26.3 Å². The highest BCUT2D eigenvalue weighted by Crippen LogP contribution is 2.13. The number of rotatable bonds is 6. The Balaban J connectivity index is 1.92. The zero-order valence-electron chi connectivity index (χ0n) is 14.6. The van der Waals surface area contributed by atoms with Gasteiger partial charge in [-0.15, -0.1) is 0 Å². The molecule has 0 saturated heterocycles. The minimum absolute atomic E-state index is 0.182. The summed E-state index contributed by atoms with van der Waals surface area (Å²) in [6.07, 6.45) is 3.31. The van der Waals surface area contributed by atoms with Crippen LogP contribution in [0.2, 0.25) is 0 Å². The number of hydrogen-bond acceptors (Lipinski definition) is 4. The van der Waals surface area contributed by atoms with Gasteiger partial charge in [0.2, 0.25) is 0 Å². The summed E-state index contributed by atoms with van der Waals surface area (Å²) in [7, 11) is 0. The summed E-state index contributed by atoms with van der Waals surface area (Å²) in [4.78, 5) is 25.1. The zero-order chi connectivity index (χ0) is 18.4. The molecule has 1 aromatic heterocycles. The van der Waals surface area contributed by atoms with Crippen molar-refractivity contribution < 1.29 is 4.79 Å². The highest BCUT2D eigenvalue weighted by Gasteiger charge is 2.16. The summed E-state index contributed by atoms with van der Waals surface area (Å²) >= 11 is 0. The molecular formula is C20H20N4O2. The Bertz CT molecular complexity index is 994. The van der Waals surface area contributed by atoms with Gasteiger partial charge in [-0.25, -0.2) is 10.1 Å². The van der Waals surface area contributed by atoms with Crippen LogP contribution >= 0.6 is 0 Å². The number of hydrogen-bond donors (Lipinski definition) is 1. The summed E-state index contributed by atoms with van der Waals surface area (Å²) in [6.45, 7) is 2.52. The molecule has 132 valence electrons. The molecule has 0 unspecified atom stereocenters. The van der Waals surface area contributed by atoms with Crippen LogP contribution in [0.5, 0.6) is 0 Å². The number of aromatic nitrogens is 2. The molecule has 1 amide bonds. The van der Waals surface area contributed by atoms with Gasteiger partial charge in [-0.05, 0) is 18.1 Å². The third-order valence-corrected chi connectivity index (χ3v) is 3.99. The fourth-order valence-corrected chi connectivity index (χ4v) is 2.62. The molecule has 0 radical (unpaired) electrons. The van der Waals surface area contributed by atoms with Crippen LogP contribution in [0.3, 0.4) is 0 Å². The summed E-state index contributed by atoms with van der Waals surface area (Å²) in [5, 5.41) is 9.28. The molecule has 0 fully saturated rings. The Morgan fingerprint density at radius 2 is 1.81 bits per heavy atom. The van der Waals surface area contributed by atoms with Crippen molar-refractivity contribution in [2.24, 2.45) is 5.10 Å². The van der Waals surface area contributed by atoms with Crippen LogP contribution in [0.25, 0.3) is 10.8 Å². The van der Waals surface area contributed by atoms with Crippen molar-refractivity contribution >= 4 is 22.9 Å². The number of hydrazone groups is 1. The molecule has 3 aromatic rings. The predicted octanol–water partition coefficient (Wildman–Crippen LogP) is 2.96. The lowest BCUT2D eigenvalue weighted by Crippen LogP contribution is -2.29. The minimum Gasteiger partial charge on any atom is -0.267 e. The topological polar surface area (TPSA) is 76.3 Å². The van der Waals surface area contributed by atoms with Crippen LogP contribution in [0, 0.1) is 0 Å². The van der Waals surface area contributed by atoms with Gasteiger partial charge in [-0.1, -0.05) is 61.9 Å². The van der Waals surface area contributed by atoms with Gasteiger partial charge in [0.1, 0.15) is 0 Å². The van der Waals surface area contributed by atoms with E-state index in [-0.39, 0.29) is 11.3 Å². The maximum Gasteiger partial charge on any atom is 0.292 e. The van der Waals surface area contributed by atoms with Crippen LogP contribution < -0.4 is 11.0 Å². The maximum absolute atomic E-state index is 12.6. The van der Waals surface area contributed by atoms with E-state index in [0.717, 1.165) is 18.4 Å². The molecule has 26 heavy (non-hydrogen) atoms. The molecule has 0 aliphatic carbocycles. The van der Waals surface area contributed by atoms with Crippen molar-refractivity contribution in [1.29, 1.82) is 0 Å². The Kier molecular flexibility index (Phi) is 5.53. The van der Waals surface area contributed by atoms with Crippen molar-refractivity contribution in [3.63, 3.8) is 0 Å². The SMILES string of the molecule is CCCCn1nc(C(=O)N/N=C/c2ccccc2)c2ccccc2c1=O. The standard InChI is InChI=1S/C20H20N4O2/c1-2-3-13-24-20(26)17-12-8-7-11-16(17)18(23-24)19(25)22-21-14-15-9-5-4-6-10-15/h4-12,14H,2-3,13H2,1H3,(H,22,25)/b21-14+. The van der Waals surface area contributed by atoms with Gasteiger partial charge in [0.25, 0.3) is 11.5 Å². The van der Waals surface area contributed by atoms with Crippen LogP contribution in [0.15, 0.2) is 64.5 Å². The van der Waals surface area contributed by atoms with E-state index in [1.807, 2.05) is 37.3 Å². The molecule has 0 atom stereocenters. The first kappa shape index (κ1) is 17.5. The van der Waals surface area contributed by atoms with Gasteiger partial charge in [0.15, 0.2) is 5.69 Å². The Labute approximate surface area is 151 Å². The number of aryl methyl sites for hydroxylation is 1. The first-order valence-corrected chi connectivity index (χ1v) is 8.59. The van der Waals surface area contributed by atoms with Crippen LogP contribution in [-0.4, -0.2) is 21.9 Å². The van der Waals surface area contributed by atoms with Crippen molar-refractivity contribution in [3.05, 3.63) is 76.2 Å². The number of nitrogens with zero attached hydrogens (tertiary/aromatic N) is 3. The number of fused-ring (bicyclic) bond motifs is 1. The average molecular weight is 348 g/mol. The number of nitrogens with one attached hydrogen (secondary N) is 1. The third kappa shape index (κ3) is 3.85. The molecule has 6 heteroatoms. The van der Waals surface area contributed by atoms with Gasteiger partial charge < -0.3 is 0 Å². The highest BCUT2D eigenvalue weighted by molar-refractivity contribution is 6.04. The number of carbonyl (C=O) groups is 1. The lowest BCUT2D eigenvalue weighted by atomic mass is 10.1. The van der Waals surface area contributed by atoms with Gasteiger partial charge in [0.05, 0.1) is 11.6 Å². The quantitative estimate of drug-likeness (QED) is 0.550. The molecule has 6 nitrogen and oxygen atoms in total. The zero-order valence-corrected chi connectivity index (χ0v) is 14.6. The van der Waals surface area contributed by atoms with Crippen molar-refractivity contribution in [3.8, 4) is 0 Å². The van der Waals surface area contributed by atoms with Crippen LogP contribution in [0.4, 0.5) is 0 Å². The Morgan fingerprint density at radius 3 is 2.54 bits per heavy atom. The second kappa shape index (κ2) is 8.20. The average Bonchev–Trinajstić information content (AvgIpc) is 2.68. The van der Waals surface area contributed by atoms with Gasteiger partial charge in [-0.3, -0.25) is 9.59 Å². The number of benzene rings is 2. The molecule has 1 N–H and O–H groups in total. The monoisotopic (exact) mass is 348 g/mol. The van der Waals surface area contributed by atoms with E-state index < -0.39 is 5.91 Å². The molecule has 0 spiro atoms. The molecular weight excluding hydrogens is 328 g/mol. The van der Waals surface area contributed by atoms with E-state index >= 15 is 0 Å². The van der Waals surface area contributed by atoms with Crippen LogP contribution in [-0.2, 0) is 6.54 Å². The Hall–Kier alpha value is -3.28. The second-order valence-electron chi connectivity index (χ2n) is 5.89. The van der Waals surface area contributed by atoms with E-state index in [1.54, 1.807) is 30.5 Å². The first-order valence-electron chi connectivity index (χ1n) is 8.59. The van der Waals surface area contributed by atoms with Crippen molar-refractivity contribution in [1.82, 2.24) is 15.2 Å². The lowest BCUT2D eigenvalue weighted by molar-refractivity contribution is 0.0949. The molecule has 0 saturated carbocycles. The van der Waals surface area contributed by atoms with E-state index in [0.29, 0.717) is 17.3 Å². The van der Waals surface area contributed by atoms with E-state index in [4.69, 9.17) is 0 Å². The van der Waals surface area contributed by atoms with Gasteiger partial charge in [0, 0.05) is 11.9 Å². The summed E-state index contributed by atoms with van der Waals surface area (Å²) in [6, 6.07) is 16.5. The molecule has 0 aliphatic rings. The van der Waals surface area contributed by atoms with Gasteiger partial charge in [-0.2, -0.15) is 10.2 Å². The fourth-order valence-electron chi connectivity index (χ4n) is 2.62. The lowest BCUT2D eigenvalue weighted by Gasteiger charge is -2.09. The predicted molar refractivity (Wildman–Crippen MR) is 102 cm³/mol. The fraction of sp³-hybridized carbons (Fsp3) is 0.200. The third-order valence-electron chi connectivity index (χ3n) is 3.99. The molecule has 2 aromatic carbocycles. The summed E-state index contributed by atoms with van der Waals surface area (Å²) < 4.78 is 1.36. The molecule has 0 aliphatic heterocycles. The maximum atomic E-state index is 12.6. The van der Waals surface area contributed by atoms with Gasteiger partial charge >= 0.3 is 0 Å². The number of unbranched alkanes of at least 4 members (excludes halogenated alkanes) is 1. The summed E-state index contributed by atoms with van der Waals surface area (Å²) in [5.74, 6) is -0.446. The largest absolute Gasteiger partial charge is 0.292 e. The second-order valence-corrected chi connectivity index (χ2v) is 5.89. The first-order chi connectivity index (χ1) is 12.7. The molecule has 1 heterocycles. The minimum atomic E-state index is -0.446. The normalized spacial score (nSPS) is 11.1. The van der Waals surface area contributed by atoms with E-state index in [1.165, 1.54) is 4.68 Å². The molecule has 0 bridgehead atoms. The van der Waals surface area contributed by atoms with Crippen molar-refractivity contribution in [2.75, 3.05) is 0 Å². The number of amides is 1.